The number of rotatable bonds is 5. The first kappa shape index (κ1) is 14.3. The zero-order valence-corrected chi connectivity index (χ0v) is 12.3. The van der Waals surface area contributed by atoms with Crippen molar-refractivity contribution in [2.45, 2.75) is 43.2 Å². The first-order chi connectivity index (χ1) is 9.19. The molecule has 0 radical (unpaired) electrons. The molecule has 0 unspecified atom stereocenters. The van der Waals surface area contributed by atoms with Gasteiger partial charge < -0.3 is 14.6 Å². The first-order valence-electron chi connectivity index (χ1n) is 6.73. The van der Waals surface area contributed by atoms with Crippen LogP contribution in [0.2, 0.25) is 0 Å². The van der Waals surface area contributed by atoms with E-state index in [4.69, 9.17) is 4.42 Å². The monoisotopic (exact) mass is 285 g/mol. The Hall–Kier alpha value is -1.08. The summed E-state index contributed by atoms with van der Waals surface area (Å²) in [6.45, 7) is 4.98. The highest BCUT2D eigenvalue weighted by molar-refractivity contribution is 8.00. The Bertz CT molecular complexity index is 418. The predicted molar refractivity (Wildman–Crippen MR) is 71.9 cm³/mol. The average molecular weight is 285 g/mol. The molecule has 1 aliphatic heterocycles. The molecule has 2 N–H and O–H groups in total. The van der Waals surface area contributed by atoms with Crippen LogP contribution in [0.15, 0.2) is 9.64 Å². The van der Waals surface area contributed by atoms with Crippen molar-refractivity contribution in [2.24, 2.45) is 0 Å². The maximum Gasteiger partial charge on any atom is 0.277 e. The van der Waals surface area contributed by atoms with Gasteiger partial charge in [-0.15, -0.1) is 10.2 Å². The zero-order chi connectivity index (χ0) is 13.7. The summed E-state index contributed by atoms with van der Waals surface area (Å²) in [5.74, 6) is 0.634. The number of quaternary nitrogens is 1. The van der Waals surface area contributed by atoms with Gasteiger partial charge in [0.05, 0.1) is 18.3 Å². The van der Waals surface area contributed by atoms with Crippen LogP contribution in [0.1, 0.15) is 32.1 Å². The Morgan fingerprint density at radius 3 is 2.84 bits per heavy atom. The van der Waals surface area contributed by atoms with Gasteiger partial charge in [-0.1, -0.05) is 11.8 Å². The molecule has 106 valence electrons. The Kier molecular flexibility index (Phi) is 5.21. The summed E-state index contributed by atoms with van der Waals surface area (Å²) in [4.78, 5) is 12.9. The highest BCUT2D eigenvalue weighted by Gasteiger charge is 2.20. The summed E-state index contributed by atoms with van der Waals surface area (Å²) in [5.41, 5.74) is 0. The second-order valence-electron chi connectivity index (χ2n) is 4.82. The third-order valence-electron chi connectivity index (χ3n) is 3.30. The summed E-state index contributed by atoms with van der Waals surface area (Å²) < 4.78 is 5.59. The van der Waals surface area contributed by atoms with Crippen molar-refractivity contribution in [3.63, 3.8) is 0 Å². The molecule has 1 saturated heterocycles. The molecule has 7 heteroatoms. The molecule has 0 bridgehead atoms. The van der Waals surface area contributed by atoms with Crippen LogP contribution in [0.5, 0.6) is 0 Å². The van der Waals surface area contributed by atoms with E-state index in [0.717, 1.165) is 6.54 Å². The van der Waals surface area contributed by atoms with Crippen LogP contribution >= 0.6 is 11.8 Å². The van der Waals surface area contributed by atoms with Crippen LogP contribution in [0.3, 0.4) is 0 Å². The largest absolute Gasteiger partial charge is 0.410 e. The third-order valence-corrected chi connectivity index (χ3v) is 4.24. The molecule has 1 amide bonds. The number of hydrogen-bond acceptors (Lipinski definition) is 5. The van der Waals surface area contributed by atoms with E-state index >= 15 is 0 Å². The van der Waals surface area contributed by atoms with Crippen LogP contribution in [-0.2, 0) is 11.3 Å². The van der Waals surface area contributed by atoms with Gasteiger partial charge in [-0.25, -0.2) is 0 Å². The molecular weight excluding hydrogens is 264 g/mol. The minimum absolute atomic E-state index is 0.0357. The minimum Gasteiger partial charge on any atom is -0.410 e. The molecule has 1 aromatic heterocycles. The number of aromatic nitrogens is 2. The van der Waals surface area contributed by atoms with Crippen molar-refractivity contribution in [1.29, 1.82) is 0 Å². The molecule has 1 fully saturated rings. The fourth-order valence-electron chi connectivity index (χ4n) is 2.21. The van der Waals surface area contributed by atoms with E-state index in [1.54, 1.807) is 7.05 Å². The Morgan fingerprint density at radius 1 is 1.42 bits per heavy atom. The summed E-state index contributed by atoms with van der Waals surface area (Å²) in [7, 11) is 1.62. The van der Waals surface area contributed by atoms with Gasteiger partial charge in [0.2, 0.25) is 5.91 Å². The number of piperidine rings is 1. The molecule has 1 atom stereocenters. The highest BCUT2D eigenvalue weighted by atomic mass is 32.2. The van der Waals surface area contributed by atoms with E-state index in [9.17, 15) is 4.79 Å². The second-order valence-corrected chi connectivity index (χ2v) is 6.12. The van der Waals surface area contributed by atoms with Crippen LogP contribution < -0.4 is 10.2 Å². The standard InChI is InChI=1S/C12H20N4O2S/c1-9(11(17)13-2)19-12-15-14-10(18-12)8-16-6-4-3-5-7-16/h9H,3-8H2,1-2H3,(H,13,17)/p+1/t9-/m1/s1. The Labute approximate surface area is 117 Å². The smallest absolute Gasteiger partial charge is 0.277 e. The van der Waals surface area contributed by atoms with Gasteiger partial charge in [-0.3, -0.25) is 4.79 Å². The number of carbonyl (C=O) groups excluding carboxylic acids is 1. The molecule has 19 heavy (non-hydrogen) atoms. The van der Waals surface area contributed by atoms with Crippen LogP contribution in [0.25, 0.3) is 0 Å². The third kappa shape index (κ3) is 4.21. The molecule has 0 spiro atoms. The number of nitrogens with one attached hydrogen (secondary N) is 2. The number of amides is 1. The number of carbonyl (C=O) groups is 1. The number of likely N-dealkylation sites (tertiary alicyclic amines) is 1. The summed E-state index contributed by atoms with van der Waals surface area (Å²) in [6, 6.07) is 0. The van der Waals surface area contributed by atoms with Crippen molar-refractivity contribution >= 4 is 17.7 Å². The van der Waals surface area contributed by atoms with Gasteiger partial charge in [-0.2, -0.15) is 0 Å². The molecule has 0 aromatic carbocycles. The summed E-state index contributed by atoms with van der Waals surface area (Å²) in [5, 5.41) is 10.9. The Morgan fingerprint density at radius 2 is 2.16 bits per heavy atom. The molecule has 1 aromatic rings. The van der Waals surface area contributed by atoms with E-state index in [2.05, 4.69) is 15.5 Å². The van der Waals surface area contributed by atoms with Gasteiger partial charge in [0.1, 0.15) is 0 Å². The quantitative estimate of drug-likeness (QED) is 0.737. The van der Waals surface area contributed by atoms with Crippen LogP contribution in [-0.4, -0.2) is 41.5 Å². The number of nitrogens with zero attached hydrogens (tertiary/aromatic N) is 2. The van der Waals surface area contributed by atoms with Gasteiger partial charge in [0.25, 0.3) is 11.1 Å². The van der Waals surface area contributed by atoms with Crippen LogP contribution in [0.4, 0.5) is 0 Å². The topological polar surface area (TPSA) is 72.5 Å². The van der Waals surface area contributed by atoms with Crippen molar-refractivity contribution < 1.29 is 14.1 Å². The van der Waals surface area contributed by atoms with Gasteiger partial charge in [0.15, 0.2) is 6.54 Å². The normalized spacial score (nSPS) is 18.2. The summed E-state index contributed by atoms with van der Waals surface area (Å²) >= 11 is 1.30. The van der Waals surface area contributed by atoms with Crippen molar-refractivity contribution in [1.82, 2.24) is 15.5 Å². The van der Waals surface area contributed by atoms with Crippen LogP contribution in [0, 0.1) is 0 Å². The minimum atomic E-state index is -0.222. The van der Waals surface area contributed by atoms with E-state index in [1.807, 2.05) is 6.92 Å². The lowest BCUT2D eigenvalue weighted by Gasteiger charge is -2.21. The Balaban J connectivity index is 1.86. The van der Waals surface area contributed by atoms with E-state index in [1.165, 1.54) is 49.0 Å². The van der Waals surface area contributed by atoms with Gasteiger partial charge in [-0.05, 0) is 26.2 Å². The lowest BCUT2D eigenvalue weighted by Crippen LogP contribution is -3.11. The average Bonchev–Trinajstić information content (AvgIpc) is 2.86. The zero-order valence-electron chi connectivity index (χ0n) is 11.4. The maximum atomic E-state index is 11.4. The molecule has 1 aliphatic rings. The highest BCUT2D eigenvalue weighted by Crippen LogP contribution is 2.21. The van der Waals surface area contributed by atoms with E-state index in [-0.39, 0.29) is 11.2 Å². The fraction of sp³-hybridized carbons (Fsp3) is 0.750. The maximum absolute atomic E-state index is 11.4. The SMILES string of the molecule is CNC(=O)[C@@H](C)Sc1nnc(C[NH+]2CCCCC2)o1. The molecule has 0 saturated carbocycles. The van der Waals surface area contributed by atoms with Gasteiger partial charge in [0, 0.05) is 7.05 Å². The predicted octanol–water partition coefficient (Wildman–Crippen LogP) is -0.135. The van der Waals surface area contributed by atoms with Crippen molar-refractivity contribution in [3.05, 3.63) is 5.89 Å². The second kappa shape index (κ2) is 6.91. The molecule has 0 aliphatic carbocycles. The molecule has 6 nitrogen and oxygen atoms in total. The molecular formula is C12H21N4O2S+. The molecule has 2 heterocycles. The first-order valence-corrected chi connectivity index (χ1v) is 7.61. The molecule has 2 rings (SSSR count). The van der Waals surface area contributed by atoms with Crippen molar-refractivity contribution in [3.8, 4) is 0 Å². The van der Waals surface area contributed by atoms with Crippen molar-refractivity contribution in [2.75, 3.05) is 20.1 Å². The van der Waals surface area contributed by atoms with E-state index in [0.29, 0.717) is 11.1 Å². The fourth-order valence-corrected chi connectivity index (χ4v) is 2.97. The number of thioether (sulfide) groups is 1. The number of hydrogen-bond donors (Lipinski definition) is 2. The van der Waals surface area contributed by atoms with Gasteiger partial charge >= 0.3 is 0 Å². The van der Waals surface area contributed by atoms with E-state index < -0.39 is 0 Å². The lowest BCUT2D eigenvalue weighted by molar-refractivity contribution is -0.919. The lowest BCUT2D eigenvalue weighted by atomic mass is 10.1. The summed E-state index contributed by atoms with van der Waals surface area (Å²) in [6.07, 6.45) is 3.88.